The van der Waals surface area contributed by atoms with Gasteiger partial charge in [-0.1, -0.05) is 49.2 Å². The van der Waals surface area contributed by atoms with E-state index in [9.17, 15) is 0 Å². The van der Waals surface area contributed by atoms with Gasteiger partial charge in [0, 0.05) is 23.3 Å². The van der Waals surface area contributed by atoms with Crippen LogP contribution in [0.25, 0.3) is 0 Å². The van der Waals surface area contributed by atoms with Gasteiger partial charge in [-0.25, -0.2) is 0 Å². The van der Waals surface area contributed by atoms with Gasteiger partial charge in [-0.15, -0.1) is 0 Å². The number of hydrogen-bond donors (Lipinski definition) is 1. The minimum atomic E-state index is -0.277. The van der Waals surface area contributed by atoms with Crippen molar-refractivity contribution in [3.63, 3.8) is 0 Å². The molecule has 1 fully saturated rings. The summed E-state index contributed by atoms with van der Waals surface area (Å²) in [6.07, 6.45) is 6.63. The Kier molecular flexibility index (Phi) is 3.58. The zero-order valence-electron chi connectivity index (χ0n) is 12.0. The minimum Gasteiger partial charge on any atom is -0.321 e. The molecule has 1 aliphatic rings. The standard InChI is InChI=1S/C18H22N2/c1-14-10-11-16(13-20-14)18(19)12-6-5-9-17(18)15-7-3-2-4-8-15/h2-4,7-8,10-11,13,17H,5-6,9,12,19H2,1H3. The molecule has 1 saturated carbocycles. The van der Waals surface area contributed by atoms with E-state index < -0.39 is 0 Å². The molecule has 2 unspecified atom stereocenters. The van der Waals surface area contributed by atoms with Crippen molar-refractivity contribution in [3.8, 4) is 0 Å². The highest BCUT2D eigenvalue weighted by Gasteiger charge is 2.39. The summed E-state index contributed by atoms with van der Waals surface area (Å²) in [6, 6.07) is 14.9. The van der Waals surface area contributed by atoms with Gasteiger partial charge in [0.1, 0.15) is 0 Å². The fraction of sp³-hybridized carbons (Fsp3) is 0.389. The van der Waals surface area contributed by atoms with Gasteiger partial charge >= 0.3 is 0 Å². The summed E-state index contributed by atoms with van der Waals surface area (Å²) in [6.45, 7) is 2.02. The molecule has 0 amide bonds. The van der Waals surface area contributed by atoms with Crippen LogP contribution >= 0.6 is 0 Å². The van der Waals surface area contributed by atoms with E-state index in [4.69, 9.17) is 5.73 Å². The molecule has 1 aromatic carbocycles. The molecule has 20 heavy (non-hydrogen) atoms. The van der Waals surface area contributed by atoms with Gasteiger partial charge in [0.25, 0.3) is 0 Å². The molecule has 2 heteroatoms. The molecule has 0 aliphatic heterocycles. The monoisotopic (exact) mass is 266 g/mol. The molecule has 1 aromatic heterocycles. The van der Waals surface area contributed by atoms with E-state index in [0.717, 1.165) is 18.5 Å². The lowest BCUT2D eigenvalue weighted by atomic mass is 9.67. The van der Waals surface area contributed by atoms with E-state index in [2.05, 4.69) is 47.4 Å². The van der Waals surface area contributed by atoms with Crippen LogP contribution in [0.1, 0.15) is 48.4 Å². The highest BCUT2D eigenvalue weighted by Crippen LogP contribution is 2.45. The van der Waals surface area contributed by atoms with Crippen LogP contribution in [-0.4, -0.2) is 4.98 Å². The first-order chi connectivity index (χ1) is 9.70. The third-order valence-electron chi connectivity index (χ3n) is 4.61. The molecular formula is C18H22N2. The molecule has 1 heterocycles. The first kappa shape index (κ1) is 13.3. The molecule has 2 N–H and O–H groups in total. The summed E-state index contributed by atoms with van der Waals surface area (Å²) in [5, 5.41) is 0. The molecule has 104 valence electrons. The van der Waals surface area contributed by atoms with Gasteiger partial charge in [0.2, 0.25) is 0 Å². The van der Waals surface area contributed by atoms with Gasteiger partial charge < -0.3 is 5.73 Å². The van der Waals surface area contributed by atoms with Crippen LogP contribution < -0.4 is 5.73 Å². The molecule has 2 aromatic rings. The van der Waals surface area contributed by atoms with Gasteiger partial charge in [-0.05, 0) is 37.0 Å². The maximum absolute atomic E-state index is 6.87. The van der Waals surface area contributed by atoms with Crippen LogP contribution in [0.4, 0.5) is 0 Å². The van der Waals surface area contributed by atoms with Crippen molar-refractivity contribution in [1.82, 2.24) is 4.98 Å². The lowest BCUT2D eigenvalue weighted by Crippen LogP contribution is -2.45. The lowest BCUT2D eigenvalue weighted by Gasteiger charge is -2.42. The Labute approximate surface area is 121 Å². The Morgan fingerprint density at radius 3 is 2.60 bits per heavy atom. The molecular weight excluding hydrogens is 244 g/mol. The number of rotatable bonds is 2. The van der Waals surface area contributed by atoms with E-state index in [1.165, 1.54) is 24.0 Å². The summed E-state index contributed by atoms with van der Waals surface area (Å²) in [4.78, 5) is 4.45. The van der Waals surface area contributed by atoms with Crippen molar-refractivity contribution >= 4 is 0 Å². The lowest BCUT2D eigenvalue weighted by molar-refractivity contribution is 0.254. The van der Waals surface area contributed by atoms with E-state index in [-0.39, 0.29) is 5.54 Å². The third-order valence-corrected chi connectivity index (χ3v) is 4.61. The second kappa shape index (κ2) is 5.37. The maximum Gasteiger partial charge on any atom is 0.0494 e. The average molecular weight is 266 g/mol. The summed E-state index contributed by atoms with van der Waals surface area (Å²) in [5.74, 6) is 0.391. The summed E-state index contributed by atoms with van der Waals surface area (Å²) < 4.78 is 0. The van der Waals surface area contributed by atoms with Crippen molar-refractivity contribution in [1.29, 1.82) is 0 Å². The summed E-state index contributed by atoms with van der Waals surface area (Å²) in [7, 11) is 0. The van der Waals surface area contributed by atoms with Crippen molar-refractivity contribution in [2.75, 3.05) is 0 Å². The van der Waals surface area contributed by atoms with Crippen molar-refractivity contribution in [3.05, 3.63) is 65.5 Å². The average Bonchev–Trinajstić information content (AvgIpc) is 2.49. The number of benzene rings is 1. The van der Waals surface area contributed by atoms with Gasteiger partial charge in [-0.2, -0.15) is 0 Å². The maximum atomic E-state index is 6.87. The molecule has 0 spiro atoms. The SMILES string of the molecule is Cc1ccc(C2(N)CCCCC2c2ccccc2)cn1. The number of nitrogens with zero attached hydrogens (tertiary/aromatic N) is 1. The fourth-order valence-electron chi connectivity index (χ4n) is 3.44. The zero-order valence-corrected chi connectivity index (χ0v) is 12.0. The molecule has 2 atom stereocenters. The van der Waals surface area contributed by atoms with Crippen molar-refractivity contribution in [2.45, 2.75) is 44.1 Å². The minimum absolute atomic E-state index is 0.277. The fourth-order valence-corrected chi connectivity index (χ4v) is 3.44. The van der Waals surface area contributed by atoms with E-state index >= 15 is 0 Å². The van der Waals surface area contributed by atoms with Gasteiger partial charge in [0.05, 0.1) is 0 Å². The molecule has 1 aliphatic carbocycles. The Morgan fingerprint density at radius 2 is 1.90 bits per heavy atom. The quantitative estimate of drug-likeness (QED) is 0.895. The first-order valence-corrected chi connectivity index (χ1v) is 7.47. The van der Waals surface area contributed by atoms with Gasteiger partial charge in [0.15, 0.2) is 0 Å². The Morgan fingerprint density at radius 1 is 1.10 bits per heavy atom. The van der Waals surface area contributed by atoms with Crippen molar-refractivity contribution < 1.29 is 0 Å². The predicted molar refractivity (Wildman–Crippen MR) is 82.5 cm³/mol. The number of aromatic nitrogens is 1. The number of hydrogen-bond acceptors (Lipinski definition) is 2. The first-order valence-electron chi connectivity index (χ1n) is 7.47. The highest BCUT2D eigenvalue weighted by molar-refractivity contribution is 5.32. The Bertz CT molecular complexity index is 562. The van der Waals surface area contributed by atoms with Crippen LogP contribution in [0.5, 0.6) is 0 Å². The predicted octanol–water partition coefficient (Wildman–Crippen LogP) is 3.90. The van der Waals surface area contributed by atoms with Gasteiger partial charge in [-0.3, -0.25) is 4.98 Å². The Hall–Kier alpha value is -1.67. The third kappa shape index (κ3) is 2.36. The second-order valence-electron chi connectivity index (χ2n) is 5.94. The number of nitrogens with two attached hydrogens (primary N) is 1. The molecule has 0 bridgehead atoms. The molecule has 2 nitrogen and oxygen atoms in total. The zero-order chi connectivity index (χ0) is 14.0. The van der Waals surface area contributed by atoms with Crippen molar-refractivity contribution in [2.24, 2.45) is 5.73 Å². The summed E-state index contributed by atoms with van der Waals surface area (Å²) in [5.41, 5.74) is 10.2. The number of aryl methyl sites for hydroxylation is 1. The van der Waals surface area contributed by atoms with E-state index in [1.54, 1.807) is 0 Å². The highest BCUT2D eigenvalue weighted by atomic mass is 14.8. The topological polar surface area (TPSA) is 38.9 Å². The van der Waals surface area contributed by atoms with Crippen LogP contribution in [0.15, 0.2) is 48.7 Å². The van der Waals surface area contributed by atoms with E-state index in [1.807, 2.05) is 13.1 Å². The largest absolute Gasteiger partial charge is 0.321 e. The molecule has 0 saturated heterocycles. The summed E-state index contributed by atoms with van der Waals surface area (Å²) >= 11 is 0. The number of pyridine rings is 1. The van der Waals surface area contributed by atoms with Crippen LogP contribution in [0.3, 0.4) is 0 Å². The van der Waals surface area contributed by atoms with E-state index in [0.29, 0.717) is 5.92 Å². The smallest absolute Gasteiger partial charge is 0.0494 e. The second-order valence-corrected chi connectivity index (χ2v) is 5.94. The Balaban J connectivity index is 2.01. The molecule has 0 radical (unpaired) electrons. The normalized spacial score (nSPS) is 26.4. The van der Waals surface area contributed by atoms with Crippen LogP contribution in [0, 0.1) is 6.92 Å². The molecule has 3 rings (SSSR count). The van der Waals surface area contributed by atoms with Crippen LogP contribution in [-0.2, 0) is 5.54 Å². The van der Waals surface area contributed by atoms with Crippen LogP contribution in [0.2, 0.25) is 0 Å².